The van der Waals surface area contributed by atoms with Crippen molar-refractivity contribution in [3.63, 3.8) is 0 Å². The lowest BCUT2D eigenvalue weighted by Gasteiger charge is -2.17. The molecule has 110 valence electrons. The van der Waals surface area contributed by atoms with E-state index in [1.165, 1.54) is 7.05 Å². The second kappa shape index (κ2) is 7.56. The predicted molar refractivity (Wildman–Crippen MR) is 55.2 cm³/mol. The molecule has 0 radical (unpaired) electrons. The Balaban J connectivity index is 3.94. The molecule has 0 bridgehead atoms. The molecule has 0 aromatic rings. The zero-order chi connectivity index (χ0) is 15.1. The summed E-state index contributed by atoms with van der Waals surface area (Å²) in [6.07, 6.45) is -4.52. The Morgan fingerprint density at radius 1 is 1.26 bits per heavy atom. The zero-order valence-corrected chi connectivity index (χ0v) is 9.99. The topological polar surface area (TPSA) is 95.9 Å². The van der Waals surface area contributed by atoms with Gasteiger partial charge in [0.15, 0.2) is 0 Å². The largest absolute Gasteiger partial charge is 0.480 e. The molecule has 0 fully saturated rings. The number of hydrogen-bond acceptors (Lipinski definition) is 4. The van der Waals surface area contributed by atoms with Gasteiger partial charge in [-0.3, -0.25) is 9.59 Å². The van der Waals surface area contributed by atoms with Crippen molar-refractivity contribution in [3.8, 4) is 0 Å². The quantitative estimate of drug-likeness (QED) is 0.640. The number of nitrogens with one attached hydrogen (secondary N) is 1. The SMILES string of the molecule is CN(CC(=O)NCC(F)(F)F)C(=O)COCC(=O)O. The fraction of sp³-hybridized carbons (Fsp3) is 0.667. The molecule has 0 aliphatic carbocycles. The van der Waals surface area contributed by atoms with Crippen molar-refractivity contribution in [1.82, 2.24) is 10.2 Å². The number of carbonyl (C=O) groups excluding carboxylic acids is 2. The average molecular weight is 286 g/mol. The fourth-order valence-corrected chi connectivity index (χ4v) is 0.894. The molecule has 2 N–H and O–H groups in total. The summed E-state index contributed by atoms with van der Waals surface area (Å²) >= 11 is 0. The van der Waals surface area contributed by atoms with E-state index >= 15 is 0 Å². The Morgan fingerprint density at radius 3 is 2.32 bits per heavy atom. The third kappa shape index (κ3) is 9.83. The number of halogens is 3. The molecule has 0 spiro atoms. The maximum absolute atomic E-state index is 11.8. The first-order chi connectivity index (χ1) is 8.61. The maximum atomic E-state index is 11.8. The van der Waals surface area contributed by atoms with Crippen LogP contribution in [-0.4, -0.2) is 67.3 Å². The molecule has 0 unspecified atom stereocenters. The molecule has 0 aliphatic heterocycles. The number of carbonyl (C=O) groups is 3. The van der Waals surface area contributed by atoms with E-state index in [0.717, 1.165) is 4.90 Å². The van der Waals surface area contributed by atoms with E-state index in [4.69, 9.17) is 5.11 Å². The van der Waals surface area contributed by atoms with Gasteiger partial charge in [0, 0.05) is 7.05 Å². The van der Waals surface area contributed by atoms with Gasteiger partial charge in [-0.1, -0.05) is 0 Å². The van der Waals surface area contributed by atoms with Crippen LogP contribution in [0.1, 0.15) is 0 Å². The normalized spacial score (nSPS) is 10.9. The number of carboxylic acid groups (broad SMARTS) is 1. The third-order valence-corrected chi connectivity index (χ3v) is 1.74. The second-order valence-corrected chi connectivity index (χ2v) is 3.53. The summed E-state index contributed by atoms with van der Waals surface area (Å²) in [5, 5.41) is 9.83. The molecular formula is C9H13F3N2O5. The van der Waals surface area contributed by atoms with Crippen molar-refractivity contribution in [3.05, 3.63) is 0 Å². The van der Waals surface area contributed by atoms with Gasteiger partial charge in [0.25, 0.3) is 0 Å². The van der Waals surface area contributed by atoms with Gasteiger partial charge in [-0.25, -0.2) is 4.79 Å². The first kappa shape index (κ1) is 17.2. The molecule has 2 amide bonds. The number of nitrogens with zero attached hydrogens (tertiary/aromatic N) is 1. The van der Waals surface area contributed by atoms with Crippen LogP contribution in [0.25, 0.3) is 0 Å². The van der Waals surface area contributed by atoms with E-state index in [0.29, 0.717) is 0 Å². The summed E-state index contributed by atoms with van der Waals surface area (Å²) in [5.41, 5.74) is 0. The minimum absolute atomic E-state index is 0.574. The molecule has 7 nitrogen and oxygen atoms in total. The minimum atomic E-state index is -4.52. The summed E-state index contributed by atoms with van der Waals surface area (Å²) in [7, 11) is 1.18. The molecule has 0 atom stereocenters. The highest BCUT2D eigenvalue weighted by Gasteiger charge is 2.28. The molecular weight excluding hydrogens is 273 g/mol. The molecule has 0 saturated carbocycles. The Kier molecular flexibility index (Phi) is 6.83. The third-order valence-electron chi connectivity index (χ3n) is 1.74. The number of aliphatic carboxylic acids is 1. The molecule has 0 aromatic carbocycles. The predicted octanol–water partition coefficient (Wildman–Crippen LogP) is -0.775. The minimum Gasteiger partial charge on any atom is -0.480 e. The Labute approximate surface area is 106 Å². The zero-order valence-electron chi connectivity index (χ0n) is 9.99. The van der Waals surface area contributed by atoms with E-state index in [2.05, 4.69) is 4.74 Å². The van der Waals surface area contributed by atoms with Gasteiger partial charge in [0.1, 0.15) is 19.8 Å². The maximum Gasteiger partial charge on any atom is 0.405 e. The van der Waals surface area contributed by atoms with Gasteiger partial charge >= 0.3 is 12.1 Å². The summed E-state index contributed by atoms with van der Waals surface area (Å²) in [6, 6.07) is 0. The molecule has 0 saturated heterocycles. The summed E-state index contributed by atoms with van der Waals surface area (Å²) in [5.74, 6) is -2.96. The van der Waals surface area contributed by atoms with Crippen LogP contribution in [0.2, 0.25) is 0 Å². The molecule has 0 heterocycles. The molecule has 19 heavy (non-hydrogen) atoms. The second-order valence-electron chi connectivity index (χ2n) is 3.53. The van der Waals surface area contributed by atoms with E-state index in [-0.39, 0.29) is 0 Å². The lowest BCUT2D eigenvalue weighted by molar-refractivity contribution is -0.147. The summed E-state index contributed by atoms with van der Waals surface area (Å²) < 4.78 is 39.8. The number of ether oxygens (including phenoxy) is 1. The highest BCUT2D eigenvalue weighted by molar-refractivity contribution is 5.85. The Bertz CT molecular complexity index is 345. The average Bonchev–Trinajstić information content (AvgIpc) is 2.24. The van der Waals surface area contributed by atoms with Crippen molar-refractivity contribution in [2.24, 2.45) is 0 Å². The van der Waals surface area contributed by atoms with Gasteiger partial charge in [-0.2, -0.15) is 13.2 Å². The van der Waals surface area contributed by atoms with Crippen LogP contribution in [0, 0.1) is 0 Å². The van der Waals surface area contributed by atoms with E-state index in [9.17, 15) is 27.6 Å². The lowest BCUT2D eigenvalue weighted by Crippen LogP contribution is -2.42. The van der Waals surface area contributed by atoms with Crippen molar-refractivity contribution >= 4 is 17.8 Å². The number of likely N-dealkylation sites (N-methyl/N-ethyl adjacent to an activating group) is 1. The van der Waals surface area contributed by atoms with Gasteiger partial charge in [-0.05, 0) is 0 Å². The first-order valence-corrected chi connectivity index (χ1v) is 4.99. The molecule has 0 aromatic heterocycles. The van der Waals surface area contributed by atoms with E-state index in [1.807, 2.05) is 0 Å². The number of hydrogen-bond donors (Lipinski definition) is 2. The fourth-order valence-electron chi connectivity index (χ4n) is 0.894. The van der Waals surface area contributed by atoms with E-state index < -0.39 is 50.3 Å². The van der Waals surface area contributed by atoms with Crippen LogP contribution in [0.4, 0.5) is 13.2 Å². The van der Waals surface area contributed by atoms with Crippen molar-refractivity contribution in [2.75, 3.05) is 33.4 Å². The van der Waals surface area contributed by atoms with Gasteiger partial charge in [-0.15, -0.1) is 0 Å². The number of rotatable bonds is 7. The number of amides is 2. The van der Waals surface area contributed by atoms with Crippen molar-refractivity contribution < 1.29 is 37.4 Å². The van der Waals surface area contributed by atoms with Gasteiger partial charge in [0.05, 0.1) is 6.54 Å². The highest BCUT2D eigenvalue weighted by atomic mass is 19.4. The van der Waals surface area contributed by atoms with Crippen molar-refractivity contribution in [1.29, 1.82) is 0 Å². The van der Waals surface area contributed by atoms with Gasteiger partial charge < -0.3 is 20.1 Å². The highest BCUT2D eigenvalue weighted by Crippen LogP contribution is 2.11. The first-order valence-electron chi connectivity index (χ1n) is 4.99. The molecule has 0 rings (SSSR count). The van der Waals surface area contributed by atoms with Crippen LogP contribution in [-0.2, 0) is 19.1 Å². The monoisotopic (exact) mass is 286 g/mol. The van der Waals surface area contributed by atoms with Crippen molar-refractivity contribution in [2.45, 2.75) is 6.18 Å². The van der Waals surface area contributed by atoms with Gasteiger partial charge in [0.2, 0.25) is 11.8 Å². The van der Waals surface area contributed by atoms with Crippen LogP contribution in [0.5, 0.6) is 0 Å². The smallest absolute Gasteiger partial charge is 0.405 e. The number of alkyl halides is 3. The van der Waals surface area contributed by atoms with E-state index in [1.54, 1.807) is 5.32 Å². The van der Waals surface area contributed by atoms with Crippen LogP contribution in [0.15, 0.2) is 0 Å². The Morgan fingerprint density at radius 2 is 1.84 bits per heavy atom. The van der Waals surface area contributed by atoms with Crippen LogP contribution in [0.3, 0.4) is 0 Å². The molecule has 0 aliphatic rings. The standard InChI is InChI=1S/C9H13F3N2O5/c1-14(7(16)3-19-4-8(17)18)2-6(15)13-5-9(10,11)12/h2-5H2,1H3,(H,13,15)(H,17,18). The Hall–Kier alpha value is -1.84. The van der Waals surface area contributed by atoms with Crippen LogP contribution < -0.4 is 5.32 Å². The molecule has 10 heteroatoms. The summed E-state index contributed by atoms with van der Waals surface area (Å²) in [6.45, 7) is -3.32. The number of carboxylic acids is 1. The summed E-state index contributed by atoms with van der Waals surface area (Å²) in [4.78, 5) is 33.2. The lowest BCUT2D eigenvalue weighted by atomic mass is 10.4. The van der Waals surface area contributed by atoms with Crippen LogP contribution >= 0.6 is 0 Å².